The van der Waals surface area contributed by atoms with Crippen molar-refractivity contribution in [2.75, 3.05) is 13.6 Å². The van der Waals surface area contributed by atoms with E-state index in [4.69, 9.17) is 18.9 Å². The molecule has 0 aromatic heterocycles. The summed E-state index contributed by atoms with van der Waals surface area (Å²) in [6.07, 6.45) is 5.55. The summed E-state index contributed by atoms with van der Waals surface area (Å²) in [5, 5.41) is 0. The van der Waals surface area contributed by atoms with Gasteiger partial charge in [0.25, 0.3) is 0 Å². The smallest absolute Gasteiger partial charge is 0.231 e. The average Bonchev–Trinajstić information content (AvgIpc) is 3.37. The van der Waals surface area contributed by atoms with E-state index in [0.29, 0.717) is 11.5 Å². The number of para-hydroxylation sites is 2. The summed E-state index contributed by atoms with van der Waals surface area (Å²) in [6.45, 7) is 2.52. The van der Waals surface area contributed by atoms with Crippen molar-refractivity contribution < 1.29 is 23.7 Å². The zero-order valence-electron chi connectivity index (χ0n) is 15.6. The van der Waals surface area contributed by atoms with Gasteiger partial charge >= 0.3 is 0 Å². The van der Waals surface area contributed by atoms with Crippen LogP contribution in [0.15, 0.2) is 47.5 Å². The summed E-state index contributed by atoms with van der Waals surface area (Å²) in [7, 11) is 0. The molecule has 1 aliphatic carbocycles. The summed E-state index contributed by atoms with van der Waals surface area (Å²) in [6, 6.07) is 11.5. The van der Waals surface area contributed by atoms with Crippen molar-refractivity contribution in [3.8, 4) is 23.0 Å². The fraction of sp³-hybridized carbons (Fsp3) is 0.261. The number of Topliss-reactive ketones (excluding diaryl/α,β-unsaturated/α-hetero) is 1. The quantitative estimate of drug-likeness (QED) is 0.717. The molecule has 2 heterocycles. The van der Waals surface area contributed by atoms with Gasteiger partial charge in [-0.2, -0.15) is 0 Å². The number of benzene rings is 2. The molecule has 2 aromatic carbocycles. The highest BCUT2D eigenvalue weighted by Crippen LogP contribution is 2.41. The SMILES string of the molecule is CC1CC/C(=C\c2cccc3c2OCO3)C(=O)/C1=C/c1cccc2c1OCO2. The van der Waals surface area contributed by atoms with E-state index in [1.165, 1.54) is 0 Å². The zero-order valence-corrected chi connectivity index (χ0v) is 15.6. The van der Waals surface area contributed by atoms with Gasteiger partial charge in [0, 0.05) is 22.3 Å². The number of carbonyl (C=O) groups is 1. The molecule has 0 N–H and O–H groups in total. The van der Waals surface area contributed by atoms with Crippen LogP contribution in [0, 0.1) is 5.92 Å². The Hall–Kier alpha value is -3.21. The lowest BCUT2D eigenvalue weighted by atomic mass is 9.80. The van der Waals surface area contributed by atoms with E-state index < -0.39 is 0 Å². The van der Waals surface area contributed by atoms with Crippen molar-refractivity contribution in [2.24, 2.45) is 5.92 Å². The van der Waals surface area contributed by atoms with E-state index in [2.05, 4.69) is 6.92 Å². The lowest BCUT2D eigenvalue weighted by molar-refractivity contribution is -0.113. The van der Waals surface area contributed by atoms with E-state index in [1.807, 2.05) is 48.6 Å². The summed E-state index contributed by atoms with van der Waals surface area (Å²) < 4.78 is 22.1. The fourth-order valence-electron chi connectivity index (χ4n) is 3.88. The maximum Gasteiger partial charge on any atom is 0.231 e. The number of rotatable bonds is 2. The summed E-state index contributed by atoms with van der Waals surface area (Å²) in [5.74, 6) is 3.11. The predicted molar refractivity (Wildman–Crippen MR) is 104 cm³/mol. The molecule has 0 spiro atoms. The predicted octanol–water partition coefficient (Wildman–Crippen LogP) is 4.61. The van der Waals surface area contributed by atoms with E-state index in [9.17, 15) is 4.79 Å². The lowest BCUT2D eigenvalue weighted by Crippen LogP contribution is -2.19. The monoisotopic (exact) mass is 376 g/mol. The standard InChI is InChI=1S/C23H20O5/c1-14-8-9-15(10-16-4-2-6-19-22(16)27-12-25-19)21(24)18(14)11-17-5-3-7-20-23(17)28-13-26-20/h2-7,10-11,14H,8-9,12-13H2,1H3/b15-10+,18-11+. The van der Waals surface area contributed by atoms with Gasteiger partial charge in [0.2, 0.25) is 13.6 Å². The molecule has 142 valence electrons. The second-order valence-electron chi connectivity index (χ2n) is 7.20. The van der Waals surface area contributed by atoms with Gasteiger partial charge in [0.15, 0.2) is 28.8 Å². The van der Waals surface area contributed by atoms with Crippen LogP contribution >= 0.6 is 0 Å². The van der Waals surface area contributed by atoms with Gasteiger partial charge < -0.3 is 18.9 Å². The summed E-state index contributed by atoms with van der Waals surface area (Å²) >= 11 is 0. The molecule has 0 saturated heterocycles. The molecular weight excluding hydrogens is 356 g/mol. The van der Waals surface area contributed by atoms with Crippen molar-refractivity contribution in [3.05, 3.63) is 58.7 Å². The van der Waals surface area contributed by atoms with Crippen LogP contribution < -0.4 is 18.9 Å². The highest BCUT2D eigenvalue weighted by Gasteiger charge is 2.28. The molecule has 0 radical (unpaired) electrons. The minimum Gasteiger partial charge on any atom is -0.454 e. The van der Waals surface area contributed by atoms with Gasteiger partial charge in [-0.05, 0) is 43.0 Å². The van der Waals surface area contributed by atoms with Gasteiger partial charge in [-0.25, -0.2) is 0 Å². The molecule has 1 atom stereocenters. The van der Waals surface area contributed by atoms with Crippen molar-refractivity contribution in [2.45, 2.75) is 19.8 Å². The summed E-state index contributed by atoms with van der Waals surface area (Å²) in [4.78, 5) is 13.3. The zero-order chi connectivity index (χ0) is 19.1. The first-order valence-electron chi connectivity index (χ1n) is 9.45. The Balaban J connectivity index is 1.52. The van der Waals surface area contributed by atoms with Crippen molar-refractivity contribution >= 4 is 17.9 Å². The minimum atomic E-state index is 0.0757. The van der Waals surface area contributed by atoms with Crippen LogP contribution in [0.5, 0.6) is 23.0 Å². The average molecular weight is 376 g/mol. The number of carbonyl (C=O) groups excluding carboxylic acids is 1. The molecule has 1 saturated carbocycles. The first kappa shape index (κ1) is 16.9. The maximum absolute atomic E-state index is 13.3. The van der Waals surface area contributed by atoms with E-state index in [0.717, 1.165) is 46.6 Å². The third-order valence-electron chi connectivity index (χ3n) is 5.43. The van der Waals surface area contributed by atoms with Gasteiger partial charge in [-0.3, -0.25) is 4.79 Å². The van der Waals surface area contributed by atoms with E-state index in [1.54, 1.807) is 0 Å². The Labute approximate surface area is 163 Å². The molecule has 1 fully saturated rings. The highest BCUT2D eigenvalue weighted by atomic mass is 16.7. The van der Waals surface area contributed by atoms with Crippen LogP contribution in [-0.4, -0.2) is 19.4 Å². The van der Waals surface area contributed by atoms with Crippen LogP contribution in [0.25, 0.3) is 12.2 Å². The Morgan fingerprint density at radius 3 is 2.11 bits per heavy atom. The largest absolute Gasteiger partial charge is 0.454 e. The summed E-state index contributed by atoms with van der Waals surface area (Å²) in [5.41, 5.74) is 3.34. The number of ketones is 1. The van der Waals surface area contributed by atoms with Gasteiger partial charge in [0.05, 0.1) is 0 Å². The second kappa shape index (κ2) is 6.75. The highest BCUT2D eigenvalue weighted by molar-refractivity contribution is 6.14. The molecule has 2 aromatic rings. The van der Waals surface area contributed by atoms with Gasteiger partial charge in [0.1, 0.15) is 0 Å². The van der Waals surface area contributed by atoms with Gasteiger partial charge in [-0.15, -0.1) is 0 Å². The topological polar surface area (TPSA) is 54.0 Å². The van der Waals surface area contributed by atoms with Crippen LogP contribution in [-0.2, 0) is 4.79 Å². The number of hydrogen-bond donors (Lipinski definition) is 0. The van der Waals surface area contributed by atoms with Crippen LogP contribution in [0.1, 0.15) is 30.9 Å². The Kier molecular flexibility index (Phi) is 4.08. The first-order chi connectivity index (χ1) is 13.7. The number of fused-ring (bicyclic) bond motifs is 2. The van der Waals surface area contributed by atoms with Crippen molar-refractivity contribution in [3.63, 3.8) is 0 Å². The van der Waals surface area contributed by atoms with Crippen LogP contribution in [0.3, 0.4) is 0 Å². The Morgan fingerprint density at radius 1 is 0.857 bits per heavy atom. The third kappa shape index (κ3) is 2.83. The molecular formula is C23H20O5. The molecule has 5 heteroatoms. The van der Waals surface area contributed by atoms with Gasteiger partial charge in [-0.1, -0.05) is 31.2 Å². The molecule has 5 rings (SSSR count). The Bertz CT molecular complexity index is 1020. The first-order valence-corrected chi connectivity index (χ1v) is 9.45. The molecule has 2 aliphatic heterocycles. The molecule has 1 unspecified atom stereocenters. The van der Waals surface area contributed by atoms with Crippen molar-refractivity contribution in [1.82, 2.24) is 0 Å². The molecule has 3 aliphatic rings. The van der Waals surface area contributed by atoms with Crippen LogP contribution in [0.2, 0.25) is 0 Å². The second-order valence-corrected chi connectivity index (χ2v) is 7.20. The van der Waals surface area contributed by atoms with Crippen molar-refractivity contribution in [1.29, 1.82) is 0 Å². The number of ether oxygens (including phenoxy) is 4. The minimum absolute atomic E-state index is 0.0757. The third-order valence-corrected chi connectivity index (χ3v) is 5.43. The van der Waals surface area contributed by atoms with E-state index in [-0.39, 0.29) is 25.3 Å². The molecule has 28 heavy (non-hydrogen) atoms. The lowest BCUT2D eigenvalue weighted by Gasteiger charge is -2.23. The fourth-order valence-corrected chi connectivity index (χ4v) is 3.88. The van der Waals surface area contributed by atoms with Crippen LogP contribution in [0.4, 0.5) is 0 Å². The maximum atomic E-state index is 13.3. The molecule has 5 nitrogen and oxygen atoms in total. The molecule has 0 bridgehead atoms. The number of allylic oxidation sites excluding steroid dienone is 2. The molecule has 0 amide bonds. The normalized spacial score (nSPS) is 22.9. The Morgan fingerprint density at radius 2 is 1.46 bits per heavy atom. The number of hydrogen-bond acceptors (Lipinski definition) is 5. The van der Waals surface area contributed by atoms with E-state index >= 15 is 0 Å².